The van der Waals surface area contributed by atoms with Crippen LogP contribution in [0.3, 0.4) is 0 Å². The number of benzene rings is 1. The number of nitrogens with one attached hydrogen (secondary N) is 2. The van der Waals surface area contributed by atoms with E-state index in [1.54, 1.807) is 30.4 Å². The summed E-state index contributed by atoms with van der Waals surface area (Å²) in [7, 11) is -1.43. The lowest BCUT2D eigenvalue weighted by molar-refractivity contribution is 0.306. The average molecular weight is 417 g/mol. The van der Waals surface area contributed by atoms with Crippen molar-refractivity contribution in [2.24, 2.45) is 4.99 Å². The van der Waals surface area contributed by atoms with Gasteiger partial charge in [0.15, 0.2) is 5.96 Å². The minimum absolute atomic E-state index is 0.0359. The molecule has 1 aliphatic heterocycles. The Hall–Kier alpha value is -1.38. The van der Waals surface area contributed by atoms with Crippen LogP contribution >= 0.6 is 11.6 Å². The van der Waals surface area contributed by atoms with Crippen molar-refractivity contribution in [3.05, 3.63) is 34.6 Å². The van der Waals surface area contributed by atoms with Crippen molar-refractivity contribution >= 4 is 27.6 Å². The molecule has 2 unspecified atom stereocenters. The van der Waals surface area contributed by atoms with E-state index in [1.165, 1.54) is 6.07 Å². The quantitative estimate of drug-likeness (QED) is 0.570. The van der Waals surface area contributed by atoms with Gasteiger partial charge < -0.3 is 10.6 Å². The Kier molecular flexibility index (Phi) is 6.28. The largest absolute Gasteiger partial charge is 0.354 e. The maximum atomic E-state index is 14.1. The van der Waals surface area contributed by atoms with Gasteiger partial charge in [0.2, 0.25) is 10.0 Å². The van der Waals surface area contributed by atoms with Gasteiger partial charge in [0, 0.05) is 48.7 Å². The van der Waals surface area contributed by atoms with Crippen molar-refractivity contribution in [3.63, 3.8) is 0 Å². The lowest BCUT2D eigenvalue weighted by atomic mass is 10.1. The highest BCUT2D eigenvalue weighted by Crippen LogP contribution is 2.44. The third-order valence-electron chi connectivity index (χ3n) is 5.26. The molecule has 9 heteroatoms. The summed E-state index contributed by atoms with van der Waals surface area (Å²) in [6.45, 7) is 2.70. The van der Waals surface area contributed by atoms with E-state index in [4.69, 9.17) is 11.6 Å². The molecule has 150 valence electrons. The molecule has 1 aromatic rings. The second-order valence-electron chi connectivity index (χ2n) is 7.02. The second-order valence-corrected chi connectivity index (χ2v) is 9.68. The fraction of sp³-hybridized carbons (Fsp3) is 0.611. The highest BCUT2D eigenvalue weighted by molar-refractivity contribution is 7.89. The average Bonchev–Trinajstić information content (AvgIpc) is 3.40. The monoisotopic (exact) mass is 416 g/mol. The third-order valence-corrected chi connectivity index (χ3v) is 7.47. The highest BCUT2D eigenvalue weighted by Gasteiger charge is 2.42. The van der Waals surface area contributed by atoms with Gasteiger partial charge in [-0.3, -0.25) is 4.99 Å². The summed E-state index contributed by atoms with van der Waals surface area (Å²) < 4.78 is 39.5. The van der Waals surface area contributed by atoms with Gasteiger partial charge in [-0.15, -0.1) is 0 Å². The van der Waals surface area contributed by atoms with Gasteiger partial charge >= 0.3 is 0 Å². The van der Waals surface area contributed by atoms with E-state index in [0.29, 0.717) is 29.6 Å². The van der Waals surface area contributed by atoms with Crippen LogP contribution < -0.4 is 10.6 Å². The van der Waals surface area contributed by atoms with E-state index in [9.17, 15) is 12.8 Å². The molecular formula is C18H26ClFN4O2S. The number of piperidine rings is 1. The fourth-order valence-electron chi connectivity index (χ4n) is 3.54. The molecule has 1 aliphatic carbocycles. The summed E-state index contributed by atoms with van der Waals surface area (Å²) in [4.78, 5) is 4.26. The maximum Gasteiger partial charge on any atom is 0.213 e. The van der Waals surface area contributed by atoms with Gasteiger partial charge in [-0.05, 0) is 38.3 Å². The van der Waals surface area contributed by atoms with E-state index in [0.717, 1.165) is 19.3 Å². The van der Waals surface area contributed by atoms with Crippen LogP contribution in [-0.4, -0.2) is 56.7 Å². The van der Waals surface area contributed by atoms with Crippen LogP contribution in [0.15, 0.2) is 23.2 Å². The number of rotatable bonds is 5. The van der Waals surface area contributed by atoms with Crippen molar-refractivity contribution in [1.29, 1.82) is 0 Å². The van der Waals surface area contributed by atoms with Gasteiger partial charge in [-0.25, -0.2) is 17.1 Å². The molecule has 1 heterocycles. The first-order valence-corrected chi connectivity index (χ1v) is 11.3. The molecular weight excluding hydrogens is 391 g/mol. The number of aliphatic imine (C=N–C) groups is 1. The van der Waals surface area contributed by atoms with Crippen LogP contribution in [0.25, 0.3) is 0 Å². The Morgan fingerprint density at radius 1 is 1.33 bits per heavy atom. The van der Waals surface area contributed by atoms with Crippen LogP contribution in [0, 0.1) is 5.82 Å². The van der Waals surface area contributed by atoms with Crippen molar-refractivity contribution in [1.82, 2.24) is 14.9 Å². The zero-order chi connectivity index (χ0) is 19.6. The number of nitrogens with zero attached hydrogens (tertiary/aromatic N) is 2. The van der Waals surface area contributed by atoms with Crippen LogP contribution in [0.4, 0.5) is 4.39 Å². The molecule has 0 radical (unpaired) electrons. The van der Waals surface area contributed by atoms with Crippen LogP contribution in [0.2, 0.25) is 5.02 Å². The van der Waals surface area contributed by atoms with E-state index in [2.05, 4.69) is 15.6 Å². The molecule has 0 spiro atoms. The molecule has 2 N–H and O–H groups in total. The smallest absolute Gasteiger partial charge is 0.213 e. The maximum absolute atomic E-state index is 14.1. The molecule has 1 saturated heterocycles. The SMILES string of the molecule is CCS(=O)(=O)N1CCC(NC(=NC)NC2CC2c2c(F)cccc2Cl)CC1. The van der Waals surface area contributed by atoms with Crippen LogP contribution in [0.5, 0.6) is 0 Å². The number of guanidine groups is 1. The Bertz CT molecular complexity index is 789. The Morgan fingerprint density at radius 3 is 2.63 bits per heavy atom. The first-order chi connectivity index (χ1) is 12.9. The van der Waals surface area contributed by atoms with Crippen LogP contribution in [-0.2, 0) is 10.0 Å². The van der Waals surface area contributed by atoms with Gasteiger partial charge in [0.1, 0.15) is 5.82 Å². The number of halogens is 2. The predicted octanol–water partition coefficient (Wildman–Crippen LogP) is 2.31. The molecule has 2 aliphatic rings. The van der Waals surface area contributed by atoms with Crippen LogP contribution in [0.1, 0.15) is 37.7 Å². The molecule has 0 amide bonds. The highest BCUT2D eigenvalue weighted by atomic mass is 35.5. The molecule has 3 rings (SSSR count). The zero-order valence-electron chi connectivity index (χ0n) is 15.6. The first kappa shape index (κ1) is 20.4. The number of hydrogen-bond acceptors (Lipinski definition) is 3. The Balaban J connectivity index is 1.52. The fourth-order valence-corrected chi connectivity index (χ4v) is 4.97. The Labute approximate surface area is 165 Å². The van der Waals surface area contributed by atoms with Gasteiger partial charge in [0.25, 0.3) is 0 Å². The molecule has 0 aromatic heterocycles. The molecule has 2 atom stereocenters. The third kappa shape index (κ3) is 4.73. The number of sulfonamides is 1. The molecule has 2 fully saturated rings. The predicted molar refractivity (Wildman–Crippen MR) is 106 cm³/mol. The minimum Gasteiger partial charge on any atom is -0.354 e. The van der Waals surface area contributed by atoms with E-state index in [1.807, 2.05) is 0 Å². The summed E-state index contributed by atoms with van der Waals surface area (Å²) >= 11 is 6.15. The summed E-state index contributed by atoms with van der Waals surface area (Å²) in [5.41, 5.74) is 0.560. The normalized spacial score (nSPS) is 24.7. The second kappa shape index (κ2) is 8.32. The van der Waals surface area contributed by atoms with Gasteiger partial charge in [0.05, 0.1) is 5.75 Å². The molecule has 27 heavy (non-hydrogen) atoms. The molecule has 6 nitrogen and oxygen atoms in total. The first-order valence-electron chi connectivity index (χ1n) is 9.27. The molecule has 1 aromatic carbocycles. The lowest BCUT2D eigenvalue weighted by Crippen LogP contribution is -2.50. The standard InChI is InChI=1S/C18H26ClFN4O2S/c1-3-27(25,26)24-9-7-12(8-10-24)22-18(21-2)23-16-11-13(16)17-14(19)5-4-6-15(17)20/h4-6,12-13,16H,3,7-11H2,1-2H3,(H2,21,22,23). The summed E-state index contributed by atoms with van der Waals surface area (Å²) in [5, 5.41) is 7.14. The van der Waals surface area contributed by atoms with Gasteiger partial charge in [-0.1, -0.05) is 17.7 Å². The Morgan fingerprint density at radius 2 is 2.04 bits per heavy atom. The minimum atomic E-state index is -3.12. The van der Waals surface area contributed by atoms with E-state index in [-0.39, 0.29) is 29.6 Å². The van der Waals surface area contributed by atoms with E-state index >= 15 is 0 Å². The van der Waals surface area contributed by atoms with Crippen molar-refractivity contribution in [2.75, 3.05) is 25.9 Å². The lowest BCUT2D eigenvalue weighted by Gasteiger charge is -2.32. The molecule has 1 saturated carbocycles. The summed E-state index contributed by atoms with van der Waals surface area (Å²) in [5.74, 6) is 0.556. The van der Waals surface area contributed by atoms with Crippen molar-refractivity contribution < 1.29 is 12.8 Å². The van der Waals surface area contributed by atoms with Crippen molar-refractivity contribution in [2.45, 2.75) is 44.2 Å². The van der Waals surface area contributed by atoms with Gasteiger partial charge in [-0.2, -0.15) is 0 Å². The molecule has 0 bridgehead atoms. The topological polar surface area (TPSA) is 73.8 Å². The summed E-state index contributed by atoms with van der Waals surface area (Å²) in [6.07, 6.45) is 2.26. The summed E-state index contributed by atoms with van der Waals surface area (Å²) in [6, 6.07) is 5.00. The zero-order valence-corrected chi connectivity index (χ0v) is 17.2. The van der Waals surface area contributed by atoms with Crippen molar-refractivity contribution in [3.8, 4) is 0 Å². The van der Waals surface area contributed by atoms with E-state index < -0.39 is 10.0 Å². The number of hydrogen-bond donors (Lipinski definition) is 2.